The number of carbonyl (C=O) groups is 6. The maximum absolute atomic E-state index is 13.0. The molecule has 0 aromatic heterocycles. The number of ether oxygens (including phenoxy) is 1. The van der Waals surface area contributed by atoms with Gasteiger partial charge in [-0.1, -0.05) is 43.2 Å². The van der Waals surface area contributed by atoms with Gasteiger partial charge in [0.25, 0.3) is 0 Å². The summed E-state index contributed by atoms with van der Waals surface area (Å²) < 4.78 is 4.80. The van der Waals surface area contributed by atoms with E-state index in [0.717, 1.165) is 0 Å². The molecule has 3 unspecified atom stereocenters. The molecule has 0 rings (SSSR count). The van der Waals surface area contributed by atoms with Crippen molar-refractivity contribution in [2.75, 3.05) is 75.5 Å². The van der Waals surface area contributed by atoms with E-state index >= 15 is 0 Å². The van der Waals surface area contributed by atoms with Crippen LogP contribution in [0.2, 0.25) is 0 Å². The number of hydrogen-bond acceptors (Lipinski definition) is 17. The lowest BCUT2D eigenvalue weighted by Crippen LogP contribution is -2.47. The van der Waals surface area contributed by atoms with E-state index in [9.17, 15) is 33.9 Å². The molecule has 0 fully saturated rings. The van der Waals surface area contributed by atoms with Crippen molar-refractivity contribution < 1.29 is 43.7 Å². The van der Waals surface area contributed by atoms with Gasteiger partial charge < -0.3 is 69.8 Å². The Labute approximate surface area is 338 Å². The Bertz CT molecular complexity index is 1150. The second kappa shape index (κ2) is 34.5. The predicted molar refractivity (Wildman–Crippen MR) is 220 cm³/mol. The van der Waals surface area contributed by atoms with E-state index in [1.165, 1.54) is 43.2 Å². The van der Waals surface area contributed by atoms with Crippen LogP contribution in [0.5, 0.6) is 0 Å². The van der Waals surface area contributed by atoms with Crippen LogP contribution < -0.4 is 54.8 Å². The third kappa shape index (κ3) is 31.1. The van der Waals surface area contributed by atoms with Gasteiger partial charge in [0.15, 0.2) is 5.96 Å². The second-order valence-corrected chi connectivity index (χ2v) is 17.2. The predicted octanol–water partition coefficient (Wildman–Crippen LogP) is -3.19. The number of nitrogens with two attached hydrogens (primary N) is 4. The molecule has 4 atom stereocenters. The summed E-state index contributed by atoms with van der Waals surface area (Å²) in [5, 5.41) is 41.6. The summed E-state index contributed by atoms with van der Waals surface area (Å²) in [7, 11) is 6.02. The van der Waals surface area contributed by atoms with Crippen molar-refractivity contribution in [3.8, 4) is 0 Å². The highest BCUT2D eigenvalue weighted by Gasteiger charge is 2.22. The molecule has 0 aliphatic heterocycles. The number of esters is 1. The molecule has 0 saturated carbocycles. The van der Waals surface area contributed by atoms with Crippen molar-refractivity contribution in [3.63, 3.8) is 0 Å². The Balaban J connectivity index is 4.59. The molecule has 318 valence electrons. The molecule has 0 aromatic carbocycles. The summed E-state index contributed by atoms with van der Waals surface area (Å²) in [5.74, 6) is -0.438. The fourth-order valence-corrected chi connectivity index (χ4v) is 7.70. The lowest BCUT2D eigenvalue weighted by atomic mass is 10.1. The molecule has 0 radical (unpaired) electrons. The zero-order chi connectivity index (χ0) is 41.3. The van der Waals surface area contributed by atoms with Crippen LogP contribution in [-0.4, -0.2) is 151 Å². The van der Waals surface area contributed by atoms with E-state index < -0.39 is 55.2 Å². The zero-order valence-corrected chi connectivity index (χ0v) is 34.4. The smallest absolute Gasteiger partial charge is 0.306 e. The van der Waals surface area contributed by atoms with E-state index in [1.54, 1.807) is 0 Å². The monoisotopic (exact) mass is 859 g/mol. The Kier molecular flexibility index (Phi) is 32.8. The van der Waals surface area contributed by atoms with Gasteiger partial charge in [-0.2, -0.15) is 0 Å². The highest BCUT2D eigenvalue weighted by atomic mass is 33.1. The summed E-state index contributed by atoms with van der Waals surface area (Å²) in [6.07, 6.45) is 0.348. The van der Waals surface area contributed by atoms with Gasteiger partial charge in [-0.25, -0.2) is 0 Å². The van der Waals surface area contributed by atoms with Gasteiger partial charge in [0.1, 0.15) is 18.8 Å². The van der Waals surface area contributed by atoms with E-state index in [2.05, 4.69) is 31.9 Å². The molecular formula is C31H61N11O9S4. The number of hydrogen-bond donors (Lipinski definition) is 13. The standard InChI is InChI=1S/C31H61N11O9S4/c32-9-1-3-22(33)28(48)38-12-16-53-52-15-11-37-25(45)6-5-24(42-26(46)7-8-27(47)51-20-21(44)19-43)30(50)40-14-18-55-54-17-13-39-29(49)23(34)4-2-10-41-31(35)36/h21-24,43-44H,1-20,32-34H2,(H,37,45)(H,38,48)(H,39,49)(H,40,50)(H,42,46)(H4,35,36,41)/t21-,22?,23?,24?/m0/s1. The van der Waals surface area contributed by atoms with Crippen molar-refractivity contribution >= 4 is 84.6 Å². The first-order chi connectivity index (χ1) is 26.3. The minimum Gasteiger partial charge on any atom is -0.463 e. The molecule has 0 aliphatic carbocycles. The zero-order valence-electron chi connectivity index (χ0n) is 31.1. The summed E-state index contributed by atoms with van der Waals surface area (Å²) in [5.41, 5.74) is 22.3. The van der Waals surface area contributed by atoms with Gasteiger partial charge in [-0.05, 0) is 38.6 Å². The first-order valence-corrected chi connectivity index (χ1v) is 22.9. The van der Waals surface area contributed by atoms with Crippen molar-refractivity contribution in [1.29, 1.82) is 5.41 Å². The number of guanidine groups is 1. The quantitative estimate of drug-likeness (QED) is 0.00997. The van der Waals surface area contributed by atoms with Crippen molar-refractivity contribution in [2.45, 2.75) is 75.6 Å². The Morgan fingerprint density at radius 3 is 1.67 bits per heavy atom. The first kappa shape index (κ1) is 52.3. The van der Waals surface area contributed by atoms with Crippen molar-refractivity contribution in [1.82, 2.24) is 31.9 Å². The van der Waals surface area contributed by atoms with Gasteiger partial charge in [0, 0.05) is 68.6 Å². The van der Waals surface area contributed by atoms with Crippen LogP contribution in [0.3, 0.4) is 0 Å². The lowest BCUT2D eigenvalue weighted by Gasteiger charge is -2.18. The molecule has 55 heavy (non-hydrogen) atoms. The third-order valence-corrected chi connectivity index (χ3v) is 11.9. The number of aliphatic hydroxyl groups is 2. The Morgan fingerprint density at radius 1 is 0.655 bits per heavy atom. The van der Waals surface area contributed by atoms with Crippen molar-refractivity contribution in [2.24, 2.45) is 22.9 Å². The minimum absolute atomic E-state index is 0.00250. The van der Waals surface area contributed by atoms with Crippen LogP contribution in [-0.2, 0) is 33.5 Å². The average molecular weight is 860 g/mol. The Hall–Kier alpha value is -2.71. The number of aliphatic hydroxyl groups excluding tert-OH is 2. The van der Waals surface area contributed by atoms with Gasteiger partial charge >= 0.3 is 5.97 Å². The van der Waals surface area contributed by atoms with Gasteiger partial charge in [0.05, 0.1) is 25.1 Å². The average Bonchev–Trinajstić information content (AvgIpc) is 3.16. The van der Waals surface area contributed by atoms with E-state index in [1.807, 2.05) is 0 Å². The number of rotatable bonds is 34. The number of nitrogens with one attached hydrogen (secondary N) is 7. The van der Waals surface area contributed by atoms with Crippen LogP contribution in [0.25, 0.3) is 0 Å². The van der Waals surface area contributed by atoms with Crippen LogP contribution in [0.4, 0.5) is 0 Å². The number of carbonyl (C=O) groups excluding carboxylic acids is 6. The molecular weight excluding hydrogens is 799 g/mol. The highest BCUT2D eigenvalue weighted by Crippen LogP contribution is 2.20. The number of amides is 5. The fraction of sp³-hybridized carbons (Fsp3) is 0.774. The molecule has 5 amide bonds. The van der Waals surface area contributed by atoms with E-state index in [4.69, 9.17) is 38.2 Å². The summed E-state index contributed by atoms with van der Waals surface area (Å²) in [6, 6.07) is -2.30. The third-order valence-electron chi connectivity index (χ3n) is 7.04. The van der Waals surface area contributed by atoms with Crippen LogP contribution in [0.1, 0.15) is 51.4 Å². The summed E-state index contributed by atoms with van der Waals surface area (Å²) >= 11 is 0. The maximum atomic E-state index is 13.0. The molecule has 24 heteroatoms. The van der Waals surface area contributed by atoms with Crippen LogP contribution >= 0.6 is 43.2 Å². The van der Waals surface area contributed by atoms with E-state index in [-0.39, 0.29) is 55.9 Å². The summed E-state index contributed by atoms with van der Waals surface area (Å²) in [6.45, 7) is 1.42. The summed E-state index contributed by atoms with van der Waals surface area (Å²) in [4.78, 5) is 74.1. The molecule has 0 aliphatic rings. The molecule has 0 aromatic rings. The topological polar surface area (TPSA) is 352 Å². The maximum Gasteiger partial charge on any atom is 0.306 e. The first-order valence-electron chi connectivity index (χ1n) is 17.9. The van der Waals surface area contributed by atoms with Gasteiger partial charge in [-0.3, -0.25) is 34.2 Å². The molecule has 0 heterocycles. The molecule has 0 saturated heterocycles. The van der Waals surface area contributed by atoms with Crippen molar-refractivity contribution in [3.05, 3.63) is 0 Å². The lowest BCUT2D eigenvalue weighted by molar-refractivity contribution is -0.148. The fourth-order valence-electron chi connectivity index (χ4n) is 4.07. The highest BCUT2D eigenvalue weighted by molar-refractivity contribution is 8.77. The minimum atomic E-state index is -1.23. The van der Waals surface area contributed by atoms with Crippen LogP contribution in [0.15, 0.2) is 0 Å². The van der Waals surface area contributed by atoms with Crippen LogP contribution in [0, 0.1) is 5.41 Å². The Morgan fingerprint density at radius 2 is 1.16 bits per heavy atom. The largest absolute Gasteiger partial charge is 0.463 e. The molecule has 0 bridgehead atoms. The molecule has 20 nitrogen and oxygen atoms in total. The second-order valence-electron chi connectivity index (χ2n) is 11.8. The SMILES string of the molecule is N=C(N)NCCCC(N)C(=O)NCCSSCCNC(=O)C(CCC(=O)NCCSSCCNC(=O)C(N)CCCN)NC(=O)CCC(=O)OC[C@@H](O)CO. The van der Waals surface area contributed by atoms with E-state index in [0.29, 0.717) is 81.4 Å². The van der Waals surface area contributed by atoms with Gasteiger partial charge in [-0.15, -0.1) is 0 Å². The normalized spacial score (nSPS) is 13.0. The molecule has 0 spiro atoms. The van der Waals surface area contributed by atoms with Gasteiger partial charge in [0.2, 0.25) is 29.5 Å². The molecule has 17 N–H and O–H groups in total.